The molecule has 30 heavy (non-hydrogen) atoms. The molecule has 1 nitrogen and oxygen atoms in total. The van der Waals surface area contributed by atoms with E-state index in [1.165, 1.54) is 32.1 Å². The third-order valence-corrected chi connectivity index (χ3v) is 5.81. The highest BCUT2D eigenvalue weighted by Gasteiger charge is 2.31. The van der Waals surface area contributed by atoms with Crippen molar-refractivity contribution in [2.75, 3.05) is 6.61 Å². The molecule has 0 radical (unpaired) electrons. The van der Waals surface area contributed by atoms with Gasteiger partial charge in [0, 0.05) is 24.7 Å². The Bertz CT molecular complexity index is 760. The first kappa shape index (κ1) is 24.5. The molecule has 0 amide bonds. The highest BCUT2D eigenvalue weighted by molar-refractivity contribution is 5.65. The predicted octanol–water partition coefficient (Wildman–Crippen LogP) is 8.42. The Kier molecular flexibility index (Phi) is 9.41. The van der Waals surface area contributed by atoms with Crippen molar-refractivity contribution in [3.05, 3.63) is 59.4 Å². The van der Waals surface area contributed by atoms with Crippen LogP contribution in [-0.4, -0.2) is 12.2 Å². The molecule has 0 aliphatic rings. The molecule has 0 saturated heterocycles. The molecular weight excluding hydrogens is 385 g/mol. The Labute approximate surface area is 179 Å². The smallest absolute Gasteiger partial charge is 0.136 e. The fraction of sp³-hybridized carbons (Fsp3) is 0.538. The third kappa shape index (κ3) is 6.60. The minimum absolute atomic E-state index is 0.181. The summed E-state index contributed by atoms with van der Waals surface area (Å²) >= 11 is 0. The van der Waals surface area contributed by atoms with Crippen molar-refractivity contribution >= 4 is 0 Å². The average molecular weight is 421 g/mol. The molecule has 0 heterocycles. The van der Waals surface area contributed by atoms with E-state index in [4.69, 9.17) is 4.74 Å². The van der Waals surface area contributed by atoms with E-state index in [1.54, 1.807) is 12.1 Å². The molecule has 166 valence electrons. The maximum Gasteiger partial charge on any atom is 0.136 e. The van der Waals surface area contributed by atoms with Gasteiger partial charge in [-0.05, 0) is 38.3 Å². The van der Waals surface area contributed by atoms with Gasteiger partial charge in [-0.1, -0.05) is 69.7 Å². The normalized spacial score (nSPS) is 12.9. The molecule has 0 fully saturated rings. The Hall–Kier alpha value is -1.81. The van der Waals surface area contributed by atoms with Crippen molar-refractivity contribution in [3.63, 3.8) is 0 Å². The van der Waals surface area contributed by atoms with Gasteiger partial charge in [-0.25, -0.2) is 13.2 Å². The molecule has 0 saturated carbocycles. The van der Waals surface area contributed by atoms with Crippen LogP contribution < -0.4 is 0 Å². The number of hydrogen-bond acceptors (Lipinski definition) is 1. The molecule has 1 unspecified atom stereocenters. The van der Waals surface area contributed by atoms with E-state index < -0.39 is 17.5 Å². The average Bonchev–Trinajstić information content (AvgIpc) is 2.67. The molecule has 1 atom stereocenters. The lowest BCUT2D eigenvalue weighted by Crippen LogP contribution is -2.33. The lowest BCUT2D eigenvalue weighted by molar-refractivity contribution is -0.0335. The van der Waals surface area contributed by atoms with E-state index in [1.807, 2.05) is 19.1 Å². The molecule has 0 bridgehead atoms. The molecule has 0 aliphatic carbocycles. The van der Waals surface area contributed by atoms with Gasteiger partial charge in [-0.3, -0.25) is 0 Å². The third-order valence-electron chi connectivity index (χ3n) is 5.81. The van der Waals surface area contributed by atoms with Crippen molar-refractivity contribution in [2.45, 2.75) is 84.2 Å². The monoisotopic (exact) mass is 420 g/mol. The van der Waals surface area contributed by atoms with Gasteiger partial charge in [0.05, 0.1) is 11.2 Å². The van der Waals surface area contributed by atoms with Gasteiger partial charge in [-0.2, -0.15) is 0 Å². The molecule has 2 aromatic carbocycles. The number of rotatable bonds is 12. The van der Waals surface area contributed by atoms with Crippen LogP contribution in [0.3, 0.4) is 0 Å². The van der Waals surface area contributed by atoms with E-state index in [2.05, 4.69) is 20.8 Å². The second-order valence-corrected chi connectivity index (χ2v) is 8.51. The van der Waals surface area contributed by atoms with Crippen LogP contribution in [0.25, 0.3) is 11.1 Å². The Morgan fingerprint density at radius 1 is 0.833 bits per heavy atom. The molecule has 2 aromatic rings. The Balaban J connectivity index is 2.20. The summed E-state index contributed by atoms with van der Waals surface area (Å²) in [5.41, 5.74) is 0.959. The van der Waals surface area contributed by atoms with Gasteiger partial charge in [0.15, 0.2) is 0 Å². The molecule has 0 aliphatic heterocycles. The quantitative estimate of drug-likeness (QED) is 0.313. The summed E-state index contributed by atoms with van der Waals surface area (Å²) in [4.78, 5) is 0. The molecule has 0 spiro atoms. The van der Waals surface area contributed by atoms with E-state index in [0.717, 1.165) is 18.4 Å². The second-order valence-electron chi connectivity index (χ2n) is 8.51. The Morgan fingerprint density at radius 2 is 1.40 bits per heavy atom. The van der Waals surface area contributed by atoms with Gasteiger partial charge in [0.25, 0.3) is 0 Å². The van der Waals surface area contributed by atoms with Crippen molar-refractivity contribution in [1.29, 1.82) is 0 Å². The van der Waals surface area contributed by atoms with Crippen LogP contribution in [0.4, 0.5) is 13.2 Å². The summed E-state index contributed by atoms with van der Waals surface area (Å²) in [6.45, 7) is 9.04. The maximum atomic E-state index is 14.1. The second kappa shape index (κ2) is 11.5. The summed E-state index contributed by atoms with van der Waals surface area (Å²) < 4.78 is 47.5. The largest absolute Gasteiger partial charge is 0.375 e. The van der Waals surface area contributed by atoms with Gasteiger partial charge in [0.2, 0.25) is 0 Å². The Morgan fingerprint density at radius 3 is 1.97 bits per heavy atom. The van der Waals surface area contributed by atoms with Crippen LogP contribution in [-0.2, 0) is 4.74 Å². The number of benzene rings is 2. The first-order chi connectivity index (χ1) is 14.3. The SMILES string of the molecule is CCCCCCCCC(c1ccc(-c2c(F)cc(F)cc2F)cc1)C(C)(C)OCC. The summed E-state index contributed by atoms with van der Waals surface area (Å²) in [5.74, 6) is -2.51. The van der Waals surface area contributed by atoms with Gasteiger partial charge in [0.1, 0.15) is 17.5 Å². The summed E-state index contributed by atoms with van der Waals surface area (Å²) in [6, 6.07) is 8.69. The van der Waals surface area contributed by atoms with Gasteiger partial charge in [-0.15, -0.1) is 0 Å². The van der Waals surface area contributed by atoms with Crippen molar-refractivity contribution in [3.8, 4) is 11.1 Å². The fourth-order valence-corrected chi connectivity index (χ4v) is 4.22. The topological polar surface area (TPSA) is 9.23 Å². The number of ether oxygens (including phenoxy) is 1. The molecule has 4 heteroatoms. The van der Waals surface area contributed by atoms with Crippen molar-refractivity contribution in [1.82, 2.24) is 0 Å². The minimum atomic E-state index is -0.914. The summed E-state index contributed by atoms with van der Waals surface area (Å²) in [7, 11) is 0. The zero-order valence-electron chi connectivity index (χ0n) is 18.7. The first-order valence-corrected chi connectivity index (χ1v) is 11.2. The number of hydrogen-bond donors (Lipinski definition) is 0. The van der Waals surface area contributed by atoms with Gasteiger partial charge >= 0.3 is 0 Å². The van der Waals surface area contributed by atoms with E-state index >= 15 is 0 Å². The molecule has 2 rings (SSSR count). The van der Waals surface area contributed by atoms with E-state index in [9.17, 15) is 13.2 Å². The van der Waals surface area contributed by atoms with Crippen LogP contribution in [0.15, 0.2) is 36.4 Å². The molecule has 0 aromatic heterocycles. The highest BCUT2D eigenvalue weighted by atomic mass is 19.1. The lowest BCUT2D eigenvalue weighted by atomic mass is 9.80. The summed E-state index contributed by atoms with van der Waals surface area (Å²) in [6.07, 6.45) is 8.36. The van der Waals surface area contributed by atoms with Crippen molar-refractivity contribution < 1.29 is 17.9 Å². The molecule has 0 N–H and O–H groups in total. The van der Waals surface area contributed by atoms with Crippen molar-refractivity contribution in [2.24, 2.45) is 0 Å². The van der Waals surface area contributed by atoms with Crippen LogP contribution in [0.1, 0.15) is 84.1 Å². The number of halogens is 3. The standard InChI is InChI=1S/C26H35F3O/c1-5-7-8-9-10-11-12-22(26(3,4)30-6-2)19-13-15-20(16-14-19)25-23(28)17-21(27)18-24(25)29/h13-18,22H,5-12H2,1-4H3. The number of unbranched alkanes of at least 4 members (excludes halogenated alkanes) is 5. The maximum absolute atomic E-state index is 14.1. The molecular formula is C26H35F3O. The first-order valence-electron chi connectivity index (χ1n) is 11.2. The van der Waals surface area contributed by atoms with Crippen LogP contribution in [0.5, 0.6) is 0 Å². The van der Waals surface area contributed by atoms with Gasteiger partial charge < -0.3 is 4.74 Å². The van der Waals surface area contributed by atoms with Crippen LogP contribution in [0.2, 0.25) is 0 Å². The van der Waals surface area contributed by atoms with E-state index in [-0.39, 0.29) is 17.1 Å². The predicted molar refractivity (Wildman–Crippen MR) is 118 cm³/mol. The summed E-state index contributed by atoms with van der Waals surface area (Å²) in [5, 5.41) is 0. The van der Waals surface area contributed by atoms with Crippen LogP contribution in [0, 0.1) is 17.5 Å². The fourth-order valence-electron chi connectivity index (χ4n) is 4.22. The lowest BCUT2D eigenvalue weighted by Gasteiger charge is -2.35. The van der Waals surface area contributed by atoms with Crippen LogP contribution >= 0.6 is 0 Å². The zero-order valence-corrected chi connectivity index (χ0v) is 18.7. The minimum Gasteiger partial charge on any atom is -0.375 e. The highest BCUT2D eigenvalue weighted by Crippen LogP contribution is 2.37. The zero-order chi connectivity index (χ0) is 22.1. The van der Waals surface area contributed by atoms with E-state index in [0.29, 0.717) is 24.3 Å².